The number of nitrogens with one attached hydrogen (secondary N) is 1. The predicted molar refractivity (Wildman–Crippen MR) is 79.1 cm³/mol. The minimum Gasteiger partial charge on any atom is -0.394 e. The Hall–Kier alpha value is -1.19. The maximum absolute atomic E-state index is 12.5. The Balaban J connectivity index is 2.00. The highest BCUT2D eigenvalue weighted by atomic mass is 32.2. The highest BCUT2D eigenvalue weighted by Gasteiger charge is 2.29. The van der Waals surface area contributed by atoms with Crippen LogP contribution in [0, 0.1) is 0 Å². The van der Waals surface area contributed by atoms with E-state index in [1.165, 1.54) is 4.31 Å². The fraction of sp³-hybridized carbons (Fsp3) is 0.538. The summed E-state index contributed by atoms with van der Waals surface area (Å²) in [5.74, 6) is 5.27. The molecule has 1 aromatic rings. The lowest BCUT2D eigenvalue weighted by atomic mass is 10.1. The number of rotatable bonds is 6. The third-order valence-corrected chi connectivity index (χ3v) is 5.42. The average molecular weight is 315 g/mol. The van der Waals surface area contributed by atoms with E-state index in [1.54, 1.807) is 24.3 Å². The first kappa shape index (κ1) is 16.2. The number of nitrogens with two attached hydrogens (primary N) is 1. The third kappa shape index (κ3) is 3.92. The molecule has 1 fully saturated rings. The van der Waals surface area contributed by atoms with Gasteiger partial charge in [-0.2, -0.15) is 4.31 Å². The molecule has 21 heavy (non-hydrogen) atoms. The first-order valence-electron chi connectivity index (χ1n) is 6.87. The fourth-order valence-corrected chi connectivity index (χ4v) is 3.80. The lowest BCUT2D eigenvalue weighted by Crippen LogP contribution is -2.41. The molecule has 0 unspecified atom stereocenters. The Kier molecular flexibility index (Phi) is 5.54. The molecule has 1 saturated heterocycles. The van der Waals surface area contributed by atoms with Crippen LogP contribution in [-0.4, -0.2) is 50.2 Å². The first-order chi connectivity index (χ1) is 10.1. The van der Waals surface area contributed by atoms with Gasteiger partial charge in [-0.05, 0) is 37.1 Å². The molecule has 1 aromatic carbocycles. The SMILES string of the molecule is NNc1ccc(S(=O)(=O)N2CCC(OCCO)CC2)cc1. The van der Waals surface area contributed by atoms with Gasteiger partial charge >= 0.3 is 0 Å². The van der Waals surface area contributed by atoms with E-state index in [0.717, 1.165) is 0 Å². The van der Waals surface area contributed by atoms with E-state index >= 15 is 0 Å². The molecule has 1 heterocycles. The Morgan fingerprint density at radius 2 is 1.90 bits per heavy atom. The molecule has 0 atom stereocenters. The van der Waals surface area contributed by atoms with Gasteiger partial charge in [0.15, 0.2) is 0 Å². The monoisotopic (exact) mass is 315 g/mol. The number of piperidine rings is 1. The van der Waals surface area contributed by atoms with Crippen molar-refractivity contribution in [3.63, 3.8) is 0 Å². The molecular weight excluding hydrogens is 294 g/mol. The summed E-state index contributed by atoms with van der Waals surface area (Å²) >= 11 is 0. The van der Waals surface area contributed by atoms with Gasteiger partial charge in [-0.1, -0.05) is 0 Å². The van der Waals surface area contributed by atoms with E-state index in [2.05, 4.69) is 5.43 Å². The number of anilines is 1. The van der Waals surface area contributed by atoms with Gasteiger partial charge in [0, 0.05) is 18.8 Å². The van der Waals surface area contributed by atoms with Crippen LogP contribution in [0.15, 0.2) is 29.2 Å². The molecule has 0 aromatic heterocycles. The molecule has 0 bridgehead atoms. The third-order valence-electron chi connectivity index (χ3n) is 3.50. The molecule has 0 radical (unpaired) electrons. The number of aliphatic hydroxyl groups excluding tert-OH is 1. The minimum absolute atomic E-state index is 0.0138. The molecule has 0 amide bonds. The lowest BCUT2D eigenvalue weighted by molar-refractivity contribution is 0.00318. The number of hydrogen-bond donors (Lipinski definition) is 3. The number of hydrazine groups is 1. The van der Waals surface area contributed by atoms with Gasteiger partial charge in [-0.15, -0.1) is 0 Å². The second-order valence-electron chi connectivity index (χ2n) is 4.87. The standard InChI is InChI=1S/C13H21N3O4S/c14-15-11-1-3-13(4-2-11)21(18,19)16-7-5-12(6-8-16)20-10-9-17/h1-4,12,15,17H,5-10,14H2. The summed E-state index contributed by atoms with van der Waals surface area (Å²) in [6.45, 7) is 1.13. The van der Waals surface area contributed by atoms with Crippen LogP contribution in [0.5, 0.6) is 0 Å². The van der Waals surface area contributed by atoms with Gasteiger partial charge in [0.05, 0.1) is 24.2 Å². The van der Waals surface area contributed by atoms with E-state index < -0.39 is 10.0 Å². The van der Waals surface area contributed by atoms with Crippen LogP contribution < -0.4 is 11.3 Å². The van der Waals surface area contributed by atoms with Crippen LogP contribution >= 0.6 is 0 Å². The van der Waals surface area contributed by atoms with E-state index in [-0.39, 0.29) is 17.6 Å². The second kappa shape index (κ2) is 7.19. The van der Waals surface area contributed by atoms with Gasteiger partial charge in [0.2, 0.25) is 10.0 Å². The largest absolute Gasteiger partial charge is 0.394 e. The van der Waals surface area contributed by atoms with Crippen molar-refractivity contribution in [1.29, 1.82) is 0 Å². The van der Waals surface area contributed by atoms with Gasteiger partial charge in [0.25, 0.3) is 0 Å². The summed E-state index contributed by atoms with van der Waals surface area (Å²) in [5, 5.41) is 8.72. The van der Waals surface area contributed by atoms with Gasteiger partial charge in [-0.3, -0.25) is 5.84 Å². The number of sulfonamides is 1. The normalized spacial score (nSPS) is 17.8. The van der Waals surface area contributed by atoms with Crippen LogP contribution in [-0.2, 0) is 14.8 Å². The molecule has 8 heteroatoms. The molecule has 1 aliphatic rings. The van der Waals surface area contributed by atoms with Crippen LogP contribution in [0.1, 0.15) is 12.8 Å². The average Bonchev–Trinajstić information content (AvgIpc) is 2.53. The summed E-state index contributed by atoms with van der Waals surface area (Å²) in [6.07, 6.45) is 1.30. The molecule has 7 nitrogen and oxygen atoms in total. The van der Waals surface area contributed by atoms with Gasteiger partial charge in [-0.25, -0.2) is 8.42 Å². The topological polar surface area (TPSA) is 105 Å². The highest BCUT2D eigenvalue weighted by Crippen LogP contribution is 2.23. The number of nitrogens with zero attached hydrogens (tertiary/aromatic N) is 1. The van der Waals surface area contributed by atoms with E-state index in [0.29, 0.717) is 38.2 Å². The summed E-state index contributed by atoms with van der Waals surface area (Å²) in [7, 11) is -3.47. The molecular formula is C13H21N3O4S. The van der Waals surface area contributed by atoms with Crippen LogP contribution in [0.4, 0.5) is 5.69 Å². The molecule has 0 aliphatic carbocycles. The number of ether oxygens (including phenoxy) is 1. The van der Waals surface area contributed by atoms with Crippen molar-refractivity contribution in [3.05, 3.63) is 24.3 Å². The quantitative estimate of drug-likeness (QED) is 0.509. The van der Waals surface area contributed by atoms with E-state index in [9.17, 15) is 8.42 Å². The van der Waals surface area contributed by atoms with Gasteiger partial charge in [0.1, 0.15) is 0 Å². The predicted octanol–water partition coefficient (Wildman–Crippen LogP) is 0.134. The Bertz CT molecular complexity index is 539. The lowest BCUT2D eigenvalue weighted by Gasteiger charge is -2.31. The van der Waals surface area contributed by atoms with Crippen LogP contribution in [0.3, 0.4) is 0 Å². The van der Waals surface area contributed by atoms with Crippen LogP contribution in [0.2, 0.25) is 0 Å². The summed E-state index contributed by atoms with van der Waals surface area (Å²) in [5.41, 5.74) is 3.12. The fourth-order valence-electron chi connectivity index (χ4n) is 2.33. The number of nitrogen functional groups attached to an aromatic ring is 1. The zero-order valence-electron chi connectivity index (χ0n) is 11.7. The Labute approximate surface area is 124 Å². The smallest absolute Gasteiger partial charge is 0.243 e. The second-order valence-corrected chi connectivity index (χ2v) is 6.80. The van der Waals surface area contributed by atoms with E-state index in [4.69, 9.17) is 15.7 Å². The Morgan fingerprint density at radius 1 is 1.29 bits per heavy atom. The molecule has 118 valence electrons. The maximum atomic E-state index is 12.5. The first-order valence-corrected chi connectivity index (χ1v) is 8.31. The molecule has 2 rings (SSSR count). The minimum atomic E-state index is -3.47. The zero-order valence-corrected chi connectivity index (χ0v) is 12.6. The number of aliphatic hydroxyl groups is 1. The van der Waals surface area contributed by atoms with Crippen molar-refractivity contribution >= 4 is 15.7 Å². The van der Waals surface area contributed by atoms with Gasteiger partial charge < -0.3 is 15.3 Å². The molecule has 4 N–H and O–H groups in total. The highest BCUT2D eigenvalue weighted by molar-refractivity contribution is 7.89. The molecule has 0 spiro atoms. The zero-order chi connectivity index (χ0) is 15.3. The van der Waals surface area contributed by atoms with Crippen molar-refractivity contribution in [2.24, 2.45) is 5.84 Å². The van der Waals surface area contributed by atoms with Crippen molar-refractivity contribution in [1.82, 2.24) is 4.31 Å². The molecule has 1 aliphatic heterocycles. The summed E-state index contributed by atoms with van der Waals surface area (Å²) in [4.78, 5) is 0.260. The number of benzene rings is 1. The van der Waals surface area contributed by atoms with Crippen molar-refractivity contribution in [2.75, 3.05) is 31.7 Å². The van der Waals surface area contributed by atoms with Crippen molar-refractivity contribution < 1.29 is 18.3 Å². The summed E-state index contributed by atoms with van der Waals surface area (Å²) in [6, 6.07) is 6.34. The van der Waals surface area contributed by atoms with Crippen molar-refractivity contribution in [3.8, 4) is 0 Å². The van der Waals surface area contributed by atoms with Crippen molar-refractivity contribution in [2.45, 2.75) is 23.8 Å². The Morgan fingerprint density at radius 3 is 2.43 bits per heavy atom. The van der Waals surface area contributed by atoms with Crippen LogP contribution in [0.25, 0.3) is 0 Å². The maximum Gasteiger partial charge on any atom is 0.243 e. The molecule has 0 saturated carbocycles. The van der Waals surface area contributed by atoms with E-state index in [1.807, 2.05) is 0 Å². The summed E-state index contributed by atoms with van der Waals surface area (Å²) < 4.78 is 31.9. The number of hydrogen-bond acceptors (Lipinski definition) is 6.